The molecule has 4 aliphatic rings. The Morgan fingerprint density at radius 2 is 1.66 bits per heavy atom. The van der Waals surface area contributed by atoms with Crippen LogP contribution in [0.15, 0.2) is 72.3 Å². The number of amides is 4. The molecule has 0 spiro atoms. The summed E-state index contributed by atoms with van der Waals surface area (Å²) in [5.41, 5.74) is 2.78. The van der Waals surface area contributed by atoms with Gasteiger partial charge in [-0.25, -0.2) is 0 Å². The van der Waals surface area contributed by atoms with E-state index in [0.717, 1.165) is 5.01 Å². The second-order valence-electron chi connectivity index (χ2n) is 12.1. The number of aromatic hydroxyl groups is 1. The number of ether oxygens (including phenoxy) is 2. The lowest BCUT2D eigenvalue weighted by molar-refractivity contribution is -0.173. The van der Waals surface area contributed by atoms with Crippen molar-refractivity contribution < 1.29 is 39.0 Å². The van der Waals surface area contributed by atoms with E-state index in [9.17, 15) is 24.7 Å². The predicted octanol–water partition coefficient (Wildman–Crippen LogP) is 5.09. The molecule has 4 amide bonds. The quantitative estimate of drug-likeness (QED) is 0.184. The van der Waals surface area contributed by atoms with Gasteiger partial charge in [-0.2, -0.15) is 10.1 Å². The lowest BCUT2D eigenvalue weighted by Gasteiger charge is -2.50. The molecule has 2 saturated heterocycles. The molecule has 3 aromatic carbocycles. The first-order valence-electron chi connectivity index (χ1n) is 14.9. The highest BCUT2D eigenvalue weighted by molar-refractivity contribution is 6.36. The van der Waals surface area contributed by atoms with Gasteiger partial charge in [0.05, 0.1) is 48.1 Å². The van der Waals surface area contributed by atoms with Gasteiger partial charge in [-0.15, -0.1) is 0 Å². The van der Waals surface area contributed by atoms with Crippen molar-refractivity contribution in [2.24, 2.45) is 23.7 Å². The number of methoxy groups -OCH3 is 2. The van der Waals surface area contributed by atoms with Crippen LogP contribution in [0.25, 0.3) is 0 Å². The van der Waals surface area contributed by atoms with Gasteiger partial charge in [0, 0.05) is 16.5 Å². The van der Waals surface area contributed by atoms with E-state index in [0.29, 0.717) is 21.9 Å². The zero-order chi connectivity index (χ0) is 33.4. The second-order valence-corrected chi connectivity index (χ2v) is 12.9. The smallest absolute Gasteiger partial charge is 0.260 e. The Bertz CT molecular complexity index is 1880. The maximum Gasteiger partial charge on any atom is 0.260 e. The molecule has 0 radical (unpaired) electrons. The Kier molecular flexibility index (Phi) is 7.46. The minimum Gasteiger partial charge on any atom is -0.508 e. The number of benzene rings is 3. The Balaban J connectivity index is 1.51. The molecule has 1 saturated carbocycles. The van der Waals surface area contributed by atoms with Crippen molar-refractivity contribution in [3.63, 3.8) is 0 Å². The number of fused-ring (bicyclic) bond motifs is 4. The zero-order valence-corrected chi connectivity index (χ0v) is 26.7. The van der Waals surface area contributed by atoms with Crippen molar-refractivity contribution in [3.8, 4) is 17.2 Å². The van der Waals surface area contributed by atoms with Gasteiger partial charge in [0.2, 0.25) is 0 Å². The molecule has 6 unspecified atom stereocenters. The number of nitrogens with one attached hydrogen (secondary N) is 1. The van der Waals surface area contributed by atoms with E-state index in [1.165, 1.54) is 26.4 Å². The number of carbonyl (C=O) groups is 4. The first kappa shape index (κ1) is 31.0. The van der Waals surface area contributed by atoms with Crippen LogP contribution in [-0.2, 0) is 24.6 Å². The fourth-order valence-corrected chi connectivity index (χ4v) is 8.59. The number of allylic oxidation sites excluding steroid dienone is 2. The summed E-state index contributed by atoms with van der Waals surface area (Å²) in [6.45, 7) is 0. The van der Waals surface area contributed by atoms with E-state index in [-0.39, 0.29) is 45.7 Å². The van der Waals surface area contributed by atoms with Crippen molar-refractivity contribution >= 4 is 52.5 Å². The van der Waals surface area contributed by atoms with Crippen molar-refractivity contribution in [2.45, 2.75) is 24.2 Å². The van der Waals surface area contributed by atoms with E-state index in [2.05, 4.69) is 5.43 Å². The number of imide groups is 2. The average molecular weight is 679 g/mol. The van der Waals surface area contributed by atoms with Gasteiger partial charge in [-0.05, 0) is 66.8 Å². The minimum atomic E-state index is -1.68. The van der Waals surface area contributed by atoms with E-state index < -0.39 is 58.6 Å². The van der Waals surface area contributed by atoms with Gasteiger partial charge in [-0.1, -0.05) is 53.1 Å². The van der Waals surface area contributed by atoms with Crippen LogP contribution in [0, 0.1) is 23.7 Å². The van der Waals surface area contributed by atoms with E-state index in [1.807, 2.05) is 0 Å². The zero-order valence-electron chi connectivity index (χ0n) is 25.1. The maximum atomic E-state index is 15.2. The van der Waals surface area contributed by atoms with E-state index in [1.54, 1.807) is 54.6 Å². The molecule has 11 nitrogen and oxygen atoms in total. The van der Waals surface area contributed by atoms with Crippen LogP contribution < -0.4 is 14.9 Å². The third kappa shape index (κ3) is 4.37. The normalized spacial score (nSPS) is 28.1. The number of nitrogens with zero attached hydrogens (tertiary/aromatic N) is 2. The van der Waals surface area contributed by atoms with Gasteiger partial charge in [-0.3, -0.25) is 29.8 Å². The highest BCUT2D eigenvalue weighted by Gasteiger charge is 2.71. The molecule has 3 N–H and O–H groups in total. The fraction of sp³-hybridized carbons (Fsp3) is 0.294. The summed E-state index contributed by atoms with van der Waals surface area (Å²) in [5, 5.41) is 23.5. The number of hydrogen-bond donors (Lipinski definition) is 3. The maximum absolute atomic E-state index is 15.2. The lowest BCUT2D eigenvalue weighted by Crippen LogP contribution is -2.53. The SMILES string of the molecule is COc1ccc(C23C(=O)N(Nc4ccc(Cl)cc4Cl)C(=O)C2CC2C(=CCC4C(=O)N(O)C(=O)C42)C3c2c(O)cccc2OC)cc1. The summed E-state index contributed by atoms with van der Waals surface area (Å²) in [6, 6.07) is 16.1. The molecule has 242 valence electrons. The Labute approximate surface area is 279 Å². The summed E-state index contributed by atoms with van der Waals surface area (Å²) < 4.78 is 11.1. The molecule has 6 atom stereocenters. The molecular weight excluding hydrogens is 649 g/mol. The van der Waals surface area contributed by atoms with Gasteiger partial charge in [0.1, 0.15) is 17.2 Å². The van der Waals surface area contributed by atoms with Gasteiger partial charge >= 0.3 is 0 Å². The molecule has 2 heterocycles. The van der Waals surface area contributed by atoms with Crippen molar-refractivity contribution in [3.05, 3.63) is 93.5 Å². The molecule has 0 bridgehead atoms. The van der Waals surface area contributed by atoms with Crippen LogP contribution in [0.2, 0.25) is 10.0 Å². The first-order valence-corrected chi connectivity index (χ1v) is 15.7. The summed E-state index contributed by atoms with van der Waals surface area (Å²) >= 11 is 12.6. The van der Waals surface area contributed by atoms with Gasteiger partial charge in [0.15, 0.2) is 0 Å². The predicted molar refractivity (Wildman–Crippen MR) is 169 cm³/mol. The number of halogens is 2. The molecule has 0 aromatic heterocycles. The number of rotatable bonds is 6. The Morgan fingerprint density at radius 3 is 2.34 bits per heavy atom. The van der Waals surface area contributed by atoms with Crippen LogP contribution in [0.3, 0.4) is 0 Å². The summed E-state index contributed by atoms with van der Waals surface area (Å²) in [4.78, 5) is 56.2. The molecule has 2 aliphatic heterocycles. The number of hydroxylamine groups is 2. The van der Waals surface area contributed by atoms with Crippen molar-refractivity contribution in [2.75, 3.05) is 19.6 Å². The number of phenols is 1. The van der Waals surface area contributed by atoms with Crippen molar-refractivity contribution in [1.29, 1.82) is 0 Å². The lowest BCUT2D eigenvalue weighted by atomic mass is 9.49. The minimum absolute atomic E-state index is 0.00456. The molecule has 2 aliphatic carbocycles. The Hall–Kier alpha value is -4.58. The number of anilines is 1. The first-order chi connectivity index (χ1) is 22.5. The van der Waals surface area contributed by atoms with Gasteiger partial charge < -0.3 is 14.6 Å². The fourth-order valence-electron chi connectivity index (χ4n) is 8.14. The van der Waals surface area contributed by atoms with E-state index in [4.69, 9.17) is 32.7 Å². The molecular formula is C34H29Cl2N3O8. The summed E-state index contributed by atoms with van der Waals surface area (Å²) in [7, 11) is 2.94. The van der Waals surface area contributed by atoms with Crippen LogP contribution in [-0.4, -0.2) is 58.2 Å². The molecule has 7 rings (SSSR count). The van der Waals surface area contributed by atoms with Crippen LogP contribution >= 0.6 is 23.2 Å². The van der Waals surface area contributed by atoms with Crippen LogP contribution in [0.1, 0.15) is 29.9 Å². The largest absolute Gasteiger partial charge is 0.508 e. The highest BCUT2D eigenvalue weighted by atomic mass is 35.5. The third-order valence-electron chi connectivity index (χ3n) is 10.1. The van der Waals surface area contributed by atoms with Crippen LogP contribution in [0.4, 0.5) is 5.69 Å². The molecule has 3 aromatic rings. The second kappa shape index (κ2) is 11.3. The number of hydrazine groups is 1. The van der Waals surface area contributed by atoms with Gasteiger partial charge in [0.25, 0.3) is 23.6 Å². The molecule has 47 heavy (non-hydrogen) atoms. The highest BCUT2D eigenvalue weighted by Crippen LogP contribution is 2.65. The Morgan fingerprint density at radius 1 is 0.915 bits per heavy atom. The summed E-state index contributed by atoms with van der Waals surface area (Å²) in [6.07, 6.45) is 1.91. The number of hydrogen-bond acceptors (Lipinski definition) is 9. The average Bonchev–Trinajstić information content (AvgIpc) is 3.42. The number of carbonyl (C=O) groups excluding carboxylic acids is 4. The van der Waals surface area contributed by atoms with Crippen molar-refractivity contribution in [1.82, 2.24) is 10.1 Å². The topological polar surface area (TPSA) is 146 Å². The molecule has 3 fully saturated rings. The standard InChI is InChI=1S/C34H29Cl2N3O8/c1-46-18-9-6-16(7-10-18)34-22(31(42)38(33(34)44)37-24-13-8-17(35)14-23(24)36)15-21-19(11-12-20-27(21)32(43)39(45)30(20)41)29(34)28-25(40)4-3-5-26(28)47-2/h3-11,13-14,20-22,27,29,37,40,45H,12,15H2,1-2H3. The summed E-state index contributed by atoms with van der Waals surface area (Å²) in [5.74, 6) is -6.81. The monoisotopic (exact) mass is 677 g/mol. The van der Waals surface area contributed by atoms with Crippen LogP contribution in [0.5, 0.6) is 17.2 Å². The third-order valence-corrected chi connectivity index (χ3v) is 10.7. The number of phenolic OH excluding ortho intramolecular Hbond substituents is 1. The molecule has 13 heteroatoms. The van der Waals surface area contributed by atoms with E-state index >= 15 is 4.79 Å².